The molecule has 4 heteroatoms. The van der Waals surface area contributed by atoms with Crippen LogP contribution in [-0.2, 0) is 13.1 Å². The highest BCUT2D eigenvalue weighted by atomic mass is 16.3. The third-order valence-electron chi connectivity index (χ3n) is 4.06. The molecule has 0 bridgehead atoms. The van der Waals surface area contributed by atoms with Gasteiger partial charge in [0.15, 0.2) is 0 Å². The Morgan fingerprint density at radius 2 is 2.10 bits per heavy atom. The zero-order chi connectivity index (χ0) is 14.5. The highest BCUT2D eigenvalue weighted by molar-refractivity contribution is 5.05. The first-order valence-electron chi connectivity index (χ1n) is 7.70. The third-order valence-corrected chi connectivity index (χ3v) is 4.06. The van der Waals surface area contributed by atoms with Crippen LogP contribution in [0.3, 0.4) is 0 Å². The first-order valence-corrected chi connectivity index (χ1v) is 7.70. The van der Waals surface area contributed by atoms with Gasteiger partial charge in [-0.2, -0.15) is 0 Å². The molecule has 3 rings (SSSR count). The molecule has 0 aromatic carbocycles. The molecule has 1 aliphatic heterocycles. The van der Waals surface area contributed by atoms with Crippen molar-refractivity contribution in [2.24, 2.45) is 0 Å². The van der Waals surface area contributed by atoms with Crippen LogP contribution in [0.25, 0.3) is 0 Å². The van der Waals surface area contributed by atoms with Gasteiger partial charge in [-0.1, -0.05) is 6.07 Å². The minimum absolute atomic E-state index is 0.593. The van der Waals surface area contributed by atoms with Gasteiger partial charge in [0.05, 0.1) is 12.2 Å². The average Bonchev–Trinajstić information content (AvgIpc) is 2.93. The van der Waals surface area contributed by atoms with E-state index < -0.39 is 0 Å². The molecule has 0 atom stereocenters. The molecule has 3 heterocycles. The van der Waals surface area contributed by atoms with Crippen molar-refractivity contribution in [3.8, 4) is 0 Å². The standard InChI is InChI=1S/C17H23N3O/c1-14-5-6-17(21-14)12-19-15-7-10-20(11-8-15)13-16-4-2-3-9-18-16/h2-6,9,15,19H,7-8,10-13H2,1H3. The summed E-state index contributed by atoms with van der Waals surface area (Å²) in [5, 5.41) is 3.60. The summed E-state index contributed by atoms with van der Waals surface area (Å²) >= 11 is 0. The Morgan fingerprint density at radius 3 is 2.76 bits per heavy atom. The number of likely N-dealkylation sites (tertiary alicyclic amines) is 1. The van der Waals surface area contributed by atoms with Crippen molar-refractivity contribution in [2.75, 3.05) is 13.1 Å². The molecule has 0 spiro atoms. The number of hydrogen-bond donors (Lipinski definition) is 1. The van der Waals surface area contributed by atoms with E-state index in [2.05, 4.69) is 33.4 Å². The van der Waals surface area contributed by atoms with E-state index in [1.807, 2.05) is 25.3 Å². The van der Waals surface area contributed by atoms with Crippen LogP contribution < -0.4 is 5.32 Å². The van der Waals surface area contributed by atoms with Crippen LogP contribution in [0.4, 0.5) is 0 Å². The molecule has 1 saturated heterocycles. The highest BCUT2D eigenvalue weighted by Gasteiger charge is 2.19. The van der Waals surface area contributed by atoms with E-state index in [0.717, 1.165) is 43.4 Å². The zero-order valence-electron chi connectivity index (χ0n) is 12.6. The van der Waals surface area contributed by atoms with Crippen LogP contribution in [0.15, 0.2) is 40.9 Å². The molecule has 2 aromatic rings. The van der Waals surface area contributed by atoms with Gasteiger partial charge in [0.1, 0.15) is 11.5 Å². The van der Waals surface area contributed by atoms with Crippen LogP contribution in [0.1, 0.15) is 30.1 Å². The lowest BCUT2D eigenvalue weighted by atomic mass is 10.0. The molecule has 2 aromatic heterocycles. The van der Waals surface area contributed by atoms with Crippen LogP contribution in [-0.4, -0.2) is 29.0 Å². The van der Waals surface area contributed by atoms with Crippen molar-refractivity contribution in [3.05, 3.63) is 53.7 Å². The number of aryl methyl sites for hydroxylation is 1. The van der Waals surface area contributed by atoms with Gasteiger partial charge in [-0.25, -0.2) is 0 Å². The molecule has 0 unspecified atom stereocenters. The minimum Gasteiger partial charge on any atom is -0.465 e. The Hall–Kier alpha value is -1.65. The van der Waals surface area contributed by atoms with Gasteiger partial charge in [0, 0.05) is 31.9 Å². The molecular weight excluding hydrogens is 262 g/mol. The predicted octanol–water partition coefficient (Wildman–Crippen LogP) is 2.74. The molecule has 0 amide bonds. The monoisotopic (exact) mass is 285 g/mol. The average molecular weight is 285 g/mol. The van der Waals surface area contributed by atoms with Crippen molar-refractivity contribution in [2.45, 2.75) is 38.9 Å². The largest absolute Gasteiger partial charge is 0.465 e. The maximum atomic E-state index is 5.59. The number of rotatable bonds is 5. The number of nitrogens with zero attached hydrogens (tertiary/aromatic N) is 2. The summed E-state index contributed by atoms with van der Waals surface area (Å²) in [6.45, 7) is 6.04. The van der Waals surface area contributed by atoms with Gasteiger partial charge >= 0.3 is 0 Å². The van der Waals surface area contributed by atoms with Crippen LogP contribution in [0.2, 0.25) is 0 Å². The molecule has 0 saturated carbocycles. The Bertz CT molecular complexity index is 544. The van der Waals surface area contributed by atoms with Crippen molar-refractivity contribution in [3.63, 3.8) is 0 Å². The summed E-state index contributed by atoms with van der Waals surface area (Å²) in [5.74, 6) is 2.01. The molecular formula is C17H23N3O. The van der Waals surface area contributed by atoms with Crippen molar-refractivity contribution in [1.82, 2.24) is 15.2 Å². The number of nitrogens with one attached hydrogen (secondary N) is 1. The highest BCUT2D eigenvalue weighted by Crippen LogP contribution is 2.14. The van der Waals surface area contributed by atoms with E-state index in [-0.39, 0.29) is 0 Å². The molecule has 4 nitrogen and oxygen atoms in total. The zero-order valence-corrected chi connectivity index (χ0v) is 12.6. The summed E-state index contributed by atoms with van der Waals surface area (Å²) in [6, 6.07) is 10.8. The number of aromatic nitrogens is 1. The van der Waals surface area contributed by atoms with E-state index in [1.54, 1.807) is 0 Å². The number of pyridine rings is 1. The summed E-state index contributed by atoms with van der Waals surface area (Å²) in [4.78, 5) is 6.88. The molecule has 21 heavy (non-hydrogen) atoms. The Labute approximate surface area is 126 Å². The Morgan fingerprint density at radius 1 is 1.24 bits per heavy atom. The number of piperidine rings is 1. The quantitative estimate of drug-likeness (QED) is 0.917. The van der Waals surface area contributed by atoms with E-state index in [9.17, 15) is 0 Å². The minimum atomic E-state index is 0.593. The van der Waals surface area contributed by atoms with Gasteiger partial charge in [-0.15, -0.1) is 0 Å². The van der Waals surface area contributed by atoms with Crippen molar-refractivity contribution in [1.29, 1.82) is 0 Å². The van der Waals surface area contributed by atoms with Crippen LogP contribution in [0, 0.1) is 6.92 Å². The lowest BCUT2D eigenvalue weighted by Gasteiger charge is -2.32. The lowest BCUT2D eigenvalue weighted by Crippen LogP contribution is -2.41. The molecule has 1 fully saturated rings. The third kappa shape index (κ3) is 4.16. The van der Waals surface area contributed by atoms with Crippen molar-refractivity contribution < 1.29 is 4.42 Å². The second kappa shape index (κ2) is 6.87. The molecule has 0 aliphatic carbocycles. The maximum Gasteiger partial charge on any atom is 0.117 e. The number of furan rings is 1. The van der Waals surface area contributed by atoms with E-state index >= 15 is 0 Å². The molecule has 1 N–H and O–H groups in total. The van der Waals surface area contributed by atoms with Gasteiger partial charge in [-0.3, -0.25) is 9.88 Å². The second-order valence-electron chi connectivity index (χ2n) is 5.76. The smallest absolute Gasteiger partial charge is 0.117 e. The SMILES string of the molecule is Cc1ccc(CNC2CCN(Cc3ccccn3)CC2)o1. The lowest BCUT2D eigenvalue weighted by molar-refractivity contribution is 0.187. The van der Waals surface area contributed by atoms with Crippen LogP contribution >= 0.6 is 0 Å². The fraction of sp³-hybridized carbons (Fsp3) is 0.471. The van der Waals surface area contributed by atoms with Crippen molar-refractivity contribution >= 4 is 0 Å². The normalized spacial score (nSPS) is 17.2. The van der Waals surface area contributed by atoms with E-state index in [0.29, 0.717) is 6.04 Å². The summed E-state index contributed by atoms with van der Waals surface area (Å²) < 4.78 is 5.59. The van der Waals surface area contributed by atoms with E-state index in [4.69, 9.17) is 4.42 Å². The second-order valence-corrected chi connectivity index (χ2v) is 5.76. The van der Waals surface area contributed by atoms with Gasteiger partial charge in [-0.05, 0) is 44.0 Å². The number of hydrogen-bond acceptors (Lipinski definition) is 4. The van der Waals surface area contributed by atoms with Gasteiger partial charge in [0.25, 0.3) is 0 Å². The Balaban J connectivity index is 1.40. The van der Waals surface area contributed by atoms with Crippen LogP contribution in [0.5, 0.6) is 0 Å². The first kappa shape index (κ1) is 14.3. The van der Waals surface area contributed by atoms with Gasteiger partial charge < -0.3 is 9.73 Å². The summed E-state index contributed by atoms with van der Waals surface area (Å²) in [5.41, 5.74) is 1.16. The van der Waals surface area contributed by atoms with Gasteiger partial charge in [0.2, 0.25) is 0 Å². The van der Waals surface area contributed by atoms with E-state index in [1.165, 1.54) is 12.8 Å². The fourth-order valence-corrected chi connectivity index (χ4v) is 2.84. The fourth-order valence-electron chi connectivity index (χ4n) is 2.84. The maximum absolute atomic E-state index is 5.59. The molecule has 0 radical (unpaired) electrons. The summed E-state index contributed by atoms with van der Waals surface area (Å²) in [7, 11) is 0. The molecule has 112 valence electrons. The topological polar surface area (TPSA) is 41.3 Å². The molecule has 1 aliphatic rings. The predicted molar refractivity (Wildman–Crippen MR) is 82.8 cm³/mol. The summed E-state index contributed by atoms with van der Waals surface area (Å²) in [6.07, 6.45) is 4.24. The first-order chi connectivity index (χ1) is 10.3. The Kier molecular flexibility index (Phi) is 4.68.